The van der Waals surface area contributed by atoms with Gasteiger partial charge in [-0.2, -0.15) is 0 Å². The number of thiophene rings is 1. The SMILES string of the molecule is Cc1nc(-c2csc(S(=O)(=O)Nc3cccc(C(C)C)c3)c2)sc1C. The van der Waals surface area contributed by atoms with E-state index < -0.39 is 10.0 Å². The second kappa shape index (κ2) is 6.90. The quantitative estimate of drug-likeness (QED) is 0.631. The zero-order valence-electron chi connectivity index (χ0n) is 14.5. The highest BCUT2D eigenvalue weighted by Crippen LogP contribution is 2.33. The average Bonchev–Trinajstić information content (AvgIpc) is 3.15. The van der Waals surface area contributed by atoms with Crippen molar-refractivity contribution in [2.45, 2.75) is 37.8 Å². The van der Waals surface area contributed by atoms with Crippen LogP contribution in [0.1, 0.15) is 35.9 Å². The number of hydrogen-bond acceptors (Lipinski definition) is 5. The minimum Gasteiger partial charge on any atom is -0.279 e. The molecule has 25 heavy (non-hydrogen) atoms. The van der Waals surface area contributed by atoms with Crippen molar-refractivity contribution in [3.63, 3.8) is 0 Å². The molecule has 0 bridgehead atoms. The van der Waals surface area contributed by atoms with Crippen LogP contribution < -0.4 is 4.72 Å². The van der Waals surface area contributed by atoms with Crippen LogP contribution in [0.15, 0.2) is 39.9 Å². The number of nitrogens with zero attached hydrogens (tertiary/aromatic N) is 1. The topological polar surface area (TPSA) is 59.1 Å². The maximum absolute atomic E-state index is 12.7. The van der Waals surface area contributed by atoms with Gasteiger partial charge in [-0.3, -0.25) is 4.72 Å². The van der Waals surface area contributed by atoms with Gasteiger partial charge in [0.1, 0.15) is 9.22 Å². The van der Waals surface area contributed by atoms with E-state index in [1.54, 1.807) is 23.5 Å². The van der Waals surface area contributed by atoms with E-state index >= 15 is 0 Å². The van der Waals surface area contributed by atoms with E-state index in [0.29, 0.717) is 15.8 Å². The molecule has 0 spiro atoms. The molecule has 0 radical (unpaired) electrons. The molecule has 3 aromatic rings. The van der Waals surface area contributed by atoms with Gasteiger partial charge in [-0.1, -0.05) is 26.0 Å². The van der Waals surface area contributed by atoms with Gasteiger partial charge < -0.3 is 0 Å². The third-order valence-electron chi connectivity index (χ3n) is 3.92. The zero-order chi connectivity index (χ0) is 18.2. The molecule has 1 aromatic carbocycles. The normalized spacial score (nSPS) is 11.9. The van der Waals surface area contributed by atoms with Crippen molar-refractivity contribution in [3.8, 4) is 10.6 Å². The Morgan fingerprint density at radius 2 is 1.92 bits per heavy atom. The summed E-state index contributed by atoms with van der Waals surface area (Å²) in [5.41, 5.74) is 3.52. The molecule has 7 heteroatoms. The van der Waals surface area contributed by atoms with Gasteiger partial charge in [0, 0.05) is 21.5 Å². The molecule has 1 N–H and O–H groups in total. The van der Waals surface area contributed by atoms with Crippen molar-refractivity contribution in [2.75, 3.05) is 4.72 Å². The Kier molecular flexibility index (Phi) is 4.99. The Balaban J connectivity index is 1.87. The van der Waals surface area contributed by atoms with Crippen molar-refractivity contribution >= 4 is 38.4 Å². The summed E-state index contributed by atoms with van der Waals surface area (Å²) in [6, 6.07) is 9.21. The minimum atomic E-state index is -3.60. The van der Waals surface area contributed by atoms with Crippen molar-refractivity contribution in [2.24, 2.45) is 0 Å². The van der Waals surface area contributed by atoms with Gasteiger partial charge in [0.15, 0.2) is 0 Å². The standard InChI is InChI=1S/C18H20N2O2S3/c1-11(2)14-6-5-7-16(8-14)20-25(21,22)17-9-15(10-23-17)18-19-12(3)13(4)24-18/h5-11,20H,1-4H3. The van der Waals surface area contributed by atoms with Gasteiger partial charge in [0.2, 0.25) is 0 Å². The molecule has 0 saturated heterocycles. The number of anilines is 1. The summed E-state index contributed by atoms with van der Waals surface area (Å²) in [7, 11) is -3.60. The highest BCUT2D eigenvalue weighted by atomic mass is 32.2. The predicted octanol–water partition coefficient (Wildman–Crippen LogP) is 5.41. The van der Waals surface area contributed by atoms with Gasteiger partial charge in [-0.25, -0.2) is 13.4 Å². The molecule has 0 aliphatic heterocycles. The van der Waals surface area contributed by atoms with Gasteiger partial charge in [-0.05, 0) is 43.5 Å². The third-order valence-corrected chi connectivity index (χ3v) is 7.86. The molecular weight excluding hydrogens is 372 g/mol. The van der Waals surface area contributed by atoms with Crippen LogP contribution in [0.3, 0.4) is 0 Å². The first-order valence-corrected chi connectivity index (χ1v) is 11.1. The van der Waals surface area contributed by atoms with E-state index in [1.807, 2.05) is 37.4 Å². The Hall–Kier alpha value is -1.70. The van der Waals surface area contributed by atoms with E-state index in [2.05, 4.69) is 23.6 Å². The van der Waals surface area contributed by atoms with Crippen molar-refractivity contribution in [1.29, 1.82) is 0 Å². The Labute approximate surface area is 156 Å². The first-order valence-electron chi connectivity index (χ1n) is 7.92. The molecule has 3 rings (SSSR count). The highest BCUT2D eigenvalue weighted by Gasteiger charge is 2.19. The first kappa shape index (κ1) is 18.1. The lowest BCUT2D eigenvalue weighted by molar-refractivity contribution is 0.603. The fraction of sp³-hybridized carbons (Fsp3) is 0.278. The second-order valence-electron chi connectivity index (χ2n) is 6.20. The molecular formula is C18H20N2O2S3. The van der Waals surface area contributed by atoms with Crippen molar-refractivity contribution < 1.29 is 8.42 Å². The van der Waals surface area contributed by atoms with Gasteiger partial charge in [0.05, 0.1) is 5.69 Å². The Morgan fingerprint density at radius 3 is 2.56 bits per heavy atom. The second-order valence-corrected chi connectivity index (χ2v) is 10.2. The summed E-state index contributed by atoms with van der Waals surface area (Å²) in [6.07, 6.45) is 0. The van der Waals surface area contributed by atoms with Crippen LogP contribution in [-0.2, 0) is 10.0 Å². The molecule has 2 aromatic heterocycles. The van der Waals surface area contributed by atoms with Crippen LogP contribution in [0.25, 0.3) is 10.6 Å². The monoisotopic (exact) mass is 392 g/mol. The molecule has 0 unspecified atom stereocenters. The fourth-order valence-electron chi connectivity index (χ4n) is 2.33. The lowest BCUT2D eigenvalue weighted by Crippen LogP contribution is -2.11. The average molecular weight is 393 g/mol. The highest BCUT2D eigenvalue weighted by molar-refractivity contribution is 7.94. The molecule has 2 heterocycles. The van der Waals surface area contributed by atoms with Crippen LogP contribution in [0, 0.1) is 13.8 Å². The number of rotatable bonds is 5. The van der Waals surface area contributed by atoms with Crippen LogP contribution in [-0.4, -0.2) is 13.4 Å². The summed E-state index contributed by atoms with van der Waals surface area (Å²) in [5.74, 6) is 0.342. The lowest BCUT2D eigenvalue weighted by atomic mass is 10.0. The smallest absolute Gasteiger partial charge is 0.271 e. The maximum atomic E-state index is 12.7. The molecule has 132 valence electrons. The number of aromatic nitrogens is 1. The van der Waals surface area contributed by atoms with Crippen LogP contribution >= 0.6 is 22.7 Å². The predicted molar refractivity (Wildman–Crippen MR) is 106 cm³/mol. The first-order chi connectivity index (χ1) is 11.8. The van der Waals surface area contributed by atoms with E-state index in [4.69, 9.17) is 0 Å². The Morgan fingerprint density at radius 1 is 1.16 bits per heavy atom. The molecule has 0 amide bonds. The van der Waals surface area contributed by atoms with Crippen molar-refractivity contribution in [3.05, 3.63) is 51.8 Å². The number of sulfonamides is 1. The summed E-state index contributed by atoms with van der Waals surface area (Å²) in [5, 5.41) is 2.70. The van der Waals surface area contributed by atoms with E-state index in [-0.39, 0.29) is 0 Å². The fourth-order valence-corrected chi connectivity index (χ4v) is 5.52. The van der Waals surface area contributed by atoms with E-state index in [0.717, 1.165) is 26.7 Å². The molecule has 0 aliphatic rings. The molecule has 4 nitrogen and oxygen atoms in total. The van der Waals surface area contributed by atoms with Gasteiger partial charge in [0.25, 0.3) is 10.0 Å². The van der Waals surface area contributed by atoms with Crippen LogP contribution in [0.4, 0.5) is 5.69 Å². The largest absolute Gasteiger partial charge is 0.279 e. The van der Waals surface area contributed by atoms with Crippen LogP contribution in [0.2, 0.25) is 0 Å². The molecule has 0 fully saturated rings. The number of benzene rings is 1. The number of thiazole rings is 1. The molecule has 0 aliphatic carbocycles. The number of hydrogen-bond donors (Lipinski definition) is 1. The molecule has 0 atom stereocenters. The third kappa shape index (κ3) is 3.94. The zero-order valence-corrected chi connectivity index (χ0v) is 17.0. The van der Waals surface area contributed by atoms with Crippen LogP contribution in [0.5, 0.6) is 0 Å². The summed E-state index contributed by atoms with van der Waals surface area (Å²) in [6.45, 7) is 8.14. The summed E-state index contributed by atoms with van der Waals surface area (Å²) < 4.78 is 28.3. The van der Waals surface area contributed by atoms with E-state index in [9.17, 15) is 8.42 Å². The van der Waals surface area contributed by atoms with Crippen molar-refractivity contribution in [1.82, 2.24) is 4.98 Å². The summed E-state index contributed by atoms with van der Waals surface area (Å²) >= 11 is 2.79. The van der Waals surface area contributed by atoms with E-state index in [1.165, 1.54) is 11.3 Å². The molecule has 0 saturated carbocycles. The maximum Gasteiger partial charge on any atom is 0.271 e. The van der Waals surface area contributed by atoms with Gasteiger partial charge in [-0.15, -0.1) is 22.7 Å². The number of aryl methyl sites for hydroxylation is 2. The Bertz CT molecular complexity index is 982. The van der Waals surface area contributed by atoms with Gasteiger partial charge >= 0.3 is 0 Å². The number of nitrogens with one attached hydrogen (secondary N) is 1. The summed E-state index contributed by atoms with van der Waals surface area (Å²) in [4.78, 5) is 5.65. The minimum absolute atomic E-state index is 0.294. The lowest BCUT2D eigenvalue weighted by Gasteiger charge is -2.10.